The van der Waals surface area contributed by atoms with Crippen LogP contribution < -0.4 is 0 Å². The van der Waals surface area contributed by atoms with E-state index in [1.807, 2.05) is 20.8 Å². The molecule has 2 saturated heterocycles. The van der Waals surface area contributed by atoms with E-state index in [1.165, 1.54) is 0 Å². The second-order valence-corrected chi connectivity index (χ2v) is 9.09. The molecule has 1 saturated carbocycles. The van der Waals surface area contributed by atoms with Gasteiger partial charge in [-0.25, -0.2) is 13.6 Å². The summed E-state index contributed by atoms with van der Waals surface area (Å²) in [4.78, 5) is 27.8. The van der Waals surface area contributed by atoms with E-state index in [0.29, 0.717) is 45.4 Å². The first kappa shape index (κ1) is 18.4. The smallest absolute Gasteiger partial charge is 0.410 e. The van der Waals surface area contributed by atoms with Crippen LogP contribution in [-0.2, 0) is 9.53 Å². The Bertz CT molecular complexity index is 535. The number of rotatable bonds is 2. The lowest BCUT2D eigenvalue weighted by Gasteiger charge is -2.59. The number of halogens is 2. The van der Waals surface area contributed by atoms with E-state index in [0.717, 1.165) is 0 Å². The first-order chi connectivity index (χ1) is 11.5. The summed E-state index contributed by atoms with van der Waals surface area (Å²) in [7, 11) is 0. The summed E-state index contributed by atoms with van der Waals surface area (Å²) < 4.78 is 31.7. The molecule has 0 atom stereocenters. The van der Waals surface area contributed by atoms with E-state index in [2.05, 4.69) is 0 Å². The molecule has 7 heteroatoms. The van der Waals surface area contributed by atoms with E-state index in [1.54, 1.807) is 9.80 Å². The van der Waals surface area contributed by atoms with Crippen molar-refractivity contribution < 1.29 is 23.1 Å². The SMILES string of the molecule is CC(C)(C)OC(=O)N1CC2(CN(C(=O)CC3CCC(F)(F)CC3)C2)C1. The van der Waals surface area contributed by atoms with Crippen LogP contribution in [0.4, 0.5) is 13.6 Å². The van der Waals surface area contributed by atoms with Crippen molar-refractivity contribution in [2.24, 2.45) is 11.3 Å². The molecular formula is C18H28F2N2O3. The molecule has 0 bridgehead atoms. The van der Waals surface area contributed by atoms with Crippen LogP contribution in [0.15, 0.2) is 0 Å². The van der Waals surface area contributed by atoms with Gasteiger partial charge in [0.15, 0.2) is 0 Å². The minimum atomic E-state index is -2.54. The molecule has 1 spiro atoms. The predicted molar refractivity (Wildman–Crippen MR) is 88.3 cm³/mol. The maximum atomic E-state index is 13.2. The molecule has 0 aromatic rings. The van der Waals surface area contributed by atoms with Crippen LogP contribution >= 0.6 is 0 Å². The van der Waals surface area contributed by atoms with Gasteiger partial charge in [-0.3, -0.25) is 4.79 Å². The summed E-state index contributed by atoms with van der Waals surface area (Å²) in [6.45, 7) is 8.09. The molecule has 0 N–H and O–H groups in total. The highest BCUT2D eigenvalue weighted by molar-refractivity contribution is 5.78. The van der Waals surface area contributed by atoms with Crippen LogP contribution in [-0.4, -0.2) is 59.5 Å². The van der Waals surface area contributed by atoms with Crippen LogP contribution in [0.5, 0.6) is 0 Å². The zero-order chi connectivity index (χ0) is 18.5. The van der Waals surface area contributed by atoms with Crippen LogP contribution in [0.3, 0.4) is 0 Å². The monoisotopic (exact) mass is 358 g/mol. The van der Waals surface area contributed by atoms with Crippen molar-refractivity contribution in [1.82, 2.24) is 9.80 Å². The fraction of sp³-hybridized carbons (Fsp3) is 0.889. The van der Waals surface area contributed by atoms with Gasteiger partial charge in [0.1, 0.15) is 5.60 Å². The quantitative estimate of drug-likeness (QED) is 0.761. The van der Waals surface area contributed by atoms with E-state index in [4.69, 9.17) is 4.74 Å². The molecule has 2 heterocycles. The van der Waals surface area contributed by atoms with Gasteiger partial charge < -0.3 is 14.5 Å². The number of hydrogen-bond donors (Lipinski definition) is 0. The second kappa shape index (κ2) is 6.09. The highest BCUT2D eigenvalue weighted by atomic mass is 19.3. The lowest BCUT2D eigenvalue weighted by Crippen LogP contribution is -2.73. The number of carbonyl (C=O) groups excluding carboxylic acids is 2. The summed E-state index contributed by atoms with van der Waals surface area (Å²) in [5.74, 6) is -2.39. The zero-order valence-electron chi connectivity index (χ0n) is 15.3. The van der Waals surface area contributed by atoms with Crippen LogP contribution in [0.1, 0.15) is 52.9 Å². The van der Waals surface area contributed by atoms with E-state index >= 15 is 0 Å². The Balaban J connectivity index is 1.37. The molecule has 2 aliphatic heterocycles. The molecular weight excluding hydrogens is 330 g/mol. The first-order valence-corrected chi connectivity index (χ1v) is 9.11. The van der Waals surface area contributed by atoms with Gasteiger partial charge in [0.2, 0.25) is 11.8 Å². The van der Waals surface area contributed by atoms with Crippen LogP contribution in [0, 0.1) is 11.3 Å². The van der Waals surface area contributed by atoms with Crippen molar-refractivity contribution >= 4 is 12.0 Å². The number of ether oxygens (including phenoxy) is 1. The Morgan fingerprint density at radius 2 is 1.56 bits per heavy atom. The third-order valence-corrected chi connectivity index (χ3v) is 5.41. The summed E-state index contributed by atoms with van der Waals surface area (Å²) in [5, 5.41) is 0. The van der Waals surface area contributed by atoms with Gasteiger partial charge in [0.05, 0.1) is 0 Å². The molecule has 142 valence electrons. The maximum absolute atomic E-state index is 13.2. The Morgan fingerprint density at radius 1 is 1.04 bits per heavy atom. The topological polar surface area (TPSA) is 49.9 Å². The molecule has 2 amide bonds. The molecule has 1 aliphatic carbocycles. The predicted octanol–water partition coefficient (Wildman–Crippen LogP) is 3.28. The second-order valence-electron chi connectivity index (χ2n) is 9.09. The summed E-state index contributed by atoms with van der Waals surface area (Å²) in [6, 6.07) is 0. The third-order valence-electron chi connectivity index (χ3n) is 5.41. The van der Waals surface area contributed by atoms with Gasteiger partial charge in [-0.1, -0.05) is 0 Å². The number of amides is 2. The fourth-order valence-corrected chi connectivity index (χ4v) is 4.04. The third kappa shape index (κ3) is 4.23. The fourth-order valence-electron chi connectivity index (χ4n) is 4.04. The summed E-state index contributed by atoms with van der Waals surface area (Å²) in [6.07, 6.45) is 0.751. The van der Waals surface area contributed by atoms with Gasteiger partial charge in [-0.2, -0.15) is 0 Å². The van der Waals surface area contributed by atoms with Crippen molar-refractivity contribution in [3.05, 3.63) is 0 Å². The maximum Gasteiger partial charge on any atom is 0.410 e. The van der Waals surface area contributed by atoms with Crippen molar-refractivity contribution in [1.29, 1.82) is 0 Å². The molecule has 3 rings (SSSR count). The van der Waals surface area contributed by atoms with Gasteiger partial charge in [0, 0.05) is 50.9 Å². The molecule has 5 nitrogen and oxygen atoms in total. The molecule has 0 radical (unpaired) electrons. The Labute approximate surface area is 147 Å². The Morgan fingerprint density at radius 3 is 2.08 bits per heavy atom. The highest BCUT2D eigenvalue weighted by Crippen LogP contribution is 2.42. The lowest BCUT2D eigenvalue weighted by atomic mass is 9.72. The van der Waals surface area contributed by atoms with Crippen molar-refractivity contribution in [2.75, 3.05) is 26.2 Å². The van der Waals surface area contributed by atoms with E-state index < -0.39 is 11.5 Å². The van der Waals surface area contributed by atoms with E-state index in [-0.39, 0.29) is 36.2 Å². The van der Waals surface area contributed by atoms with Crippen molar-refractivity contribution in [3.63, 3.8) is 0 Å². The number of hydrogen-bond acceptors (Lipinski definition) is 3. The molecule has 0 unspecified atom stereocenters. The van der Waals surface area contributed by atoms with Gasteiger partial charge >= 0.3 is 6.09 Å². The van der Waals surface area contributed by atoms with Gasteiger partial charge in [-0.15, -0.1) is 0 Å². The molecule has 3 aliphatic rings. The summed E-state index contributed by atoms with van der Waals surface area (Å²) >= 11 is 0. The Kier molecular flexibility index (Phi) is 4.48. The minimum Gasteiger partial charge on any atom is -0.444 e. The molecule has 25 heavy (non-hydrogen) atoms. The standard InChI is InChI=1S/C18H28F2N2O3/c1-16(2,3)25-15(24)22-11-17(12-22)9-21(10-17)14(23)8-13-4-6-18(19,20)7-5-13/h13H,4-12H2,1-3H3. The number of nitrogens with zero attached hydrogens (tertiary/aromatic N) is 2. The molecule has 0 aromatic heterocycles. The van der Waals surface area contributed by atoms with Gasteiger partial charge in [-0.05, 0) is 39.5 Å². The Hall–Kier alpha value is -1.40. The van der Waals surface area contributed by atoms with Crippen molar-refractivity contribution in [2.45, 2.75) is 64.4 Å². The number of carbonyl (C=O) groups is 2. The normalized spacial score (nSPS) is 25.3. The average molecular weight is 358 g/mol. The highest BCUT2D eigenvalue weighted by Gasteiger charge is 2.55. The summed E-state index contributed by atoms with van der Waals surface area (Å²) in [5.41, 5.74) is -0.482. The first-order valence-electron chi connectivity index (χ1n) is 9.11. The van der Waals surface area contributed by atoms with Crippen molar-refractivity contribution in [3.8, 4) is 0 Å². The average Bonchev–Trinajstić information content (AvgIpc) is 2.36. The number of likely N-dealkylation sites (tertiary alicyclic amines) is 2. The van der Waals surface area contributed by atoms with Gasteiger partial charge in [0.25, 0.3) is 0 Å². The number of alkyl halides is 2. The molecule has 0 aromatic carbocycles. The molecule has 3 fully saturated rings. The van der Waals surface area contributed by atoms with Crippen LogP contribution in [0.2, 0.25) is 0 Å². The lowest BCUT2D eigenvalue weighted by molar-refractivity contribution is -0.158. The van der Waals surface area contributed by atoms with Crippen LogP contribution in [0.25, 0.3) is 0 Å². The minimum absolute atomic E-state index is 0.0200. The van der Waals surface area contributed by atoms with E-state index in [9.17, 15) is 18.4 Å². The zero-order valence-corrected chi connectivity index (χ0v) is 15.3. The largest absolute Gasteiger partial charge is 0.444 e.